The summed E-state index contributed by atoms with van der Waals surface area (Å²) in [4.78, 5) is 31.3. The third-order valence-corrected chi connectivity index (χ3v) is 5.44. The topological polar surface area (TPSA) is 117 Å². The standard InChI is InChI=1S/C22H24N6O2/c1-14-12-17(13-24-20(14)23)26-21(29)22(30)28-11-3-2-4-19(28)16-7-5-15(6-8-16)18-9-10-25-27-18/h5-10,12-13,19H,2-4,11H2,1H3,(H2,23,24)(H,25,27)(H,26,29)/t19-/m0/s1. The van der Waals surface area contributed by atoms with Crippen LogP contribution in [0.25, 0.3) is 11.3 Å². The minimum absolute atomic E-state index is 0.126. The zero-order valence-corrected chi connectivity index (χ0v) is 16.8. The fraction of sp³-hybridized carbons (Fsp3) is 0.273. The van der Waals surface area contributed by atoms with Gasteiger partial charge >= 0.3 is 11.8 Å². The molecule has 154 valence electrons. The van der Waals surface area contributed by atoms with Gasteiger partial charge in [0.15, 0.2) is 0 Å². The molecule has 1 atom stereocenters. The summed E-state index contributed by atoms with van der Waals surface area (Å²) < 4.78 is 0. The highest BCUT2D eigenvalue weighted by Gasteiger charge is 2.31. The summed E-state index contributed by atoms with van der Waals surface area (Å²) in [5, 5.41) is 9.57. The Labute approximate surface area is 174 Å². The summed E-state index contributed by atoms with van der Waals surface area (Å²) in [5.41, 5.74) is 9.89. The number of anilines is 2. The number of carbonyl (C=O) groups excluding carboxylic acids is 2. The van der Waals surface area contributed by atoms with Crippen LogP contribution < -0.4 is 11.1 Å². The van der Waals surface area contributed by atoms with E-state index in [4.69, 9.17) is 5.73 Å². The van der Waals surface area contributed by atoms with Crippen LogP contribution in [0.1, 0.15) is 36.4 Å². The molecule has 1 aliphatic rings. The second kappa shape index (κ2) is 8.36. The van der Waals surface area contributed by atoms with Crippen LogP contribution >= 0.6 is 0 Å². The summed E-state index contributed by atoms with van der Waals surface area (Å²) in [5.74, 6) is -0.803. The number of aromatic amines is 1. The number of aromatic nitrogens is 3. The van der Waals surface area contributed by atoms with Crippen molar-refractivity contribution in [3.63, 3.8) is 0 Å². The van der Waals surface area contributed by atoms with Gasteiger partial charge in [-0.1, -0.05) is 24.3 Å². The molecule has 30 heavy (non-hydrogen) atoms. The number of pyridine rings is 1. The number of piperidine rings is 1. The molecule has 0 unspecified atom stereocenters. The number of carbonyl (C=O) groups is 2. The normalized spacial score (nSPS) is 16.3. The second-order valence-corrected chi connectivity index (χ2v) is 7.48. The molecule has 1 aliphatic heterocycles. The fourth-order valence-corrected chi connectivity index (χ4v) is 3.79. The molecular weight excluding hydrogens is 380 g/mol. The molecule has 2 amide bonds. The molecule has 1 saturated heterocycles. The Kier molecular flexibility index (Phi) is 5.47. The van der Waals surface area contributed by atoms with Crippen LogP contribution in [0.3, 0.4) is 0 Å². The van der Waals surface area contributed by atoms with E-state index in [0.29, 0.717) is 18.1 Å². The highest BCUT2D eigenvalue weighted by molar-refractivity contribution is 6.39. The third kappa shape index (κ3) is 4.03. The number of aryl methyl sites for hydroxylation is 1. The summed E-state index contributed by atoms with van der Waals surface area (Å²) >= 11 is 0. The van der Waals surface area contributed by atoms with Crippen LogP contribution in [0.4, 0.5) is 11.5 Å². The lowest BCUT2D eigenvalue weighted by molar-refractivity contribution is -0.145. The van der Waals surface area contributed by atoms with Crippen LogP contribution in [0.15, 0.2) is 48.8 Å². The van der Waals surface area contributed by atoms with Crippen LogP contribution in [0.2, 0.25) is 0 Å². The molecule has 0 spiro atoms. The van der Waals surface area contributed by atoms with E-state index < -0.39 is 11.8 Å². The number of hydrogen-bond acceptors (Lipinski definition) is 5. The average molecular weight is 404 g/mol. The van der Waals surface area contributed by atoms with Gasteiger partial charge in [-0.05, 0) is 55.0 Å². The highest BCUT2D eigenvalue weighted by atomic mass is 16.2. The number of nitrogens with zero attached hydrogens (tertiary/aromatic N) is 3. The molecule has 0 aliphatic carbocycles. The van der Waals surface area contributed by atoms with E-state index in [1.54, 1.807) is 24.1 Å². The first-order valence-electron chi connectivity index (χ1n) is 9.96. The number of rotatable bonds is 3. The van der Waals surface area contributed by atoms with Crippen molar-refractivity contribution in [1.82, 2.24) is 20.1 Å². The smallest absolute Gasteiger partial charge is 0.313 e. The van der Waals surface area contributed by atoms with E-state index in [0.717, 1.165) is 41.6 Å². The molecule has 4 rings (SSSR count). The second-order valence-electron chi connectivity index (χ2n) is 7.48. The van der Waals surface area contributed by atoms with Crippen LogP contribution in [0.5, 0.6) is 0 Å². The third-order valence-electron chi connectivity index (χ3n) is 5.44. The lowest BCUT2D eigenvalue weighted by Gasteiger charge is -2.35. The summed E-state index contributed by atoms with van der Waals surface area (Å²) in [6.07, 6.45) is 5.88. The molecular formula is C22H24N6O2. The summed E-state index contributed by atoms with van der Waals surface area (Å²) in [6.45, 7) is 2.35. The molecule has 1 aromatic carbocycles. The summed E-state index contributed by atoms with van der Waals surface area (Å²) in [6, 6.07) is 11.5. The van der Waals surface area contributed by atoms with Gasteiger partial charge < -0.3 is 16.0 Å². The number of benzene rings is 1. The maximum Gasteiger partial charge on any atom is 0.313 e. The van der Waals surface area contributed by atoms with Gasteiger partial charge in [0.25, 0.3) is 0 Å². The Morgan fingerprint density at radius 1 is 1.20 bits per heavy atom. The van der Waals surface area contributed by atoms with E-state index in [1.165, 1.54) is 6.20 Å². The van der Waals surface area contributed by atoms with Crippen molar-refractivity contribution in [3.8, 4) is 11.3 Å². The number of nitrogens with one attached hydrogen (secondary N) is 2. The van der Waals surface area contributed by atoms with Gasteiger partial charge in [-0.25, -0.2) is 4.98 Å². The van der Waals surface area contributed by atoms with E-state index in [1.807, 2.05) is 30.3 Å². The van der Waals surface area contributed by atoms with E-state index >= 15 is 0 Å². The maximum atomic E-state index is 12.9. The fourth-order valence-electron chi connectivity index (χ4n) is 3.79. The van der Waals surface area contributed by atoms with Gasteiger partial charge in [-0.2, -0.15) is 5.10 Å². The van der Waals surface area contributed by atoms with Gasteiger partial charge in [0.2, 0.25) is 0 Å². The van der Waals surface area contributed by atoms with Gasteiger partial charge in [0.1, 0.15) is 5.82 Å². The van der Waals surface area contributed by atoms with Gasteiger partial charge in [-0.15, -0.1) is 0 Å². The number of likely N-dealkylation sites (tertiary alicyclic amines) is 1. The number of amides is 2. The van der Waals surface area contributed by atoms with Gasteiger partial charge in [0, 0.05) is 12.7 Å². The molecule has 0 saturated carbocycles. The monoisotopic (exact) mass is 404 g/mol. The minimum Gasteiger partial charge on any atom is -0.383 e. The van der Waals surface area contributed by atoms with Crippen LogP contribution in [-0.2, 0) is 9.59 Å². The van der Waals surface area contributed by atoms with Crippen molar-refractivity contribution in [2.45, 2.75) is 32.2 Å². The molecule has 3 aromatic rings. The number of nitrogen functional groups attached to an aromatic ring is 1. The first-order valence-corrected chi connectivity index (χ1v) is 9.96. The molecule has 0 radical (unpaired) electrons. The lowest BCUT2D eigenvalue weighted by Crippen LogP contribution is -2.44. The average Bonchev–Trinajstić information content (AvgIpc) is 3.31. The van der Waals surface area contributed by atoms with Crippen LogP contribution in [0, 0.1) is 6.92 Å². The SMILES string of the molecule is Cc1cc(NC(=O)C(=O)N2CCCC[C@H]2c2ccc(-c3ccn[nH]3)cc2)cnc1N. The van der Waals surface area contributed by atoms with Gasteiger partial charge in [-0.3, -0.25) is 14.7 Å². The Morgan fingerprint density at radius 3 is 2.70 bits per heavy atom. The number of hydrogen-bond donors (Lipinski definition) is 3. The largest absolute Gasteiger partial charge is 0.383 e. The van der Waals surface area contributed by atoms with Crippen molar-refractivity contribution >= 4 is 23.3 Å². The predicted octanol–water partition coefficient (Wildman–Crippen LogP) is 3.05. The first kappa shape index (κ1) is 19.6. The number of nitrogens with two attached hydrogens (primary N) is 1. The lowest BCUT2D eigenvalue weighted by atomic mass is 9.94. The molecule has 8 nitrogen and oxygen atoms in total. The van der Waals surface area contributed by atoms with E-state index in [9.17, 15) is 9.59 Å². The Bertz CT molecular complexity index is 1050. The van der Waals surface area contributed by atoms with Crippen molar-refractivity contribution in [2.75, 3.05) is 17.6 Å². The van der Waals surface area contributed by atoms with Crippen molar-refractivity contribution < 1.29 is 9.59 Å². The maximum absolute atomic E-state index is 12.9. The predicted molar refractivity (Wildman–Crippen MR) is 114 cm³/mol. The first-order chi connectivity index (χ1) is 14.5. The Hall–Kier alpha value is -3.68. The Balaban J connectivity index is 1.50. The van der Waals surface area contributed by atoms with Crippen molar-refractivity contribution in [2.24, 2.45) is 0 Å². The molecule has 2 aromatic heterocycles. The Morgan fingerprint density at radius 2 is 2.00 bits per heavy atom. The van der Waals surface area contributed by atoms with E-state index in [-0.39, 0.29) is 6.04 Å². The summed E-state index contributed by atoms with van der Waals surface area (Å²) in [7, 11) is 0. The molecule has 8 heteroatoms. The molecule has 1 fully saturated rings. The number of H-pyrrole nitrogens is 1. The molecule has 0 bridgehead atoms. The zero-order valence-electron chi connectivity index (χ0n) is 16.8. The highest BCUT2D eigenvalue weighted by Crippen LogP contribution is 2.32. The van der Waals surface area contributed by atoms with Crippen molar-refractivity contribution in [1.29, 1.82) is 0 Å². The minimum atomic E-state index is -0.665. The van der Waals surface area contributed by atoms with E-state index in [2.05, 4.69) is 20.5 Å². The molecule has 3 heterocycles. The van der Waals surface area contributed by atoms with Crippen molar-refractivity contribution in [3.05, 3.63) is 59.9 Å². The zero-order chi connectivity index (χ0) is 21.1. The van der Waals surface area contributed by atoms with Gasteiger partial charge in [0.05, 0.1) is 23.6 Å². The molecule has 4 N–H and O–H groups in total. The van der Waals surface area contributed by atoms with Crippen LogP contribution in [-0.4, -0.2) is 38.4 Å². The quantitative estimate of drug-likeness (QED) is 0.580.